The summed E-state index contributed by atoms with van der Waals surface area (Å²) in [6.07, 6.45) is 0. The summed E-state index contributed by atoms with van der Waals surface area (Å²) in [5, 5.41) is 10.9. The lowest BCUT2D eigenvalue weighted by atomic mass is 10.0. The molecule has 5 heteroatoms. The number of benzene rings is 1. The molecule has 1 aliphatic rings. The molecule has 0 amide bonds. The van der Waals surface area contributed by atoms with E-state index in [2.05, 4.69) is 10.5 Å². The van der Waals surface area contributed by atoms with Crippen LogP contribution in [0.4, 0.5) is 5.69 Å². The van der Waals surface area contributed by atoms with Gasteiger partial charge < -0.3 is 5.73 Å². The van der Waals surface area contributed by atoms with Crippen molar-refractivity contribution >= 4 is 17.6 Å². The van der Waals surface area contributed by atoms with Crippen molar-refractivity contribution in [1.29, 1.82) is 5.26 Å². The zero-order valence-corrected chi connectivity index (χ0v) is 10.2. The molecule has 1 unspecified atom stereocenters. The largest absolute Gasteiger partial charge is 0.323 e. The van der Waals surface area contributed by atoms with Crippen molar-refractivity contribution in [3.05, 3.63) is 29.3 Å². The molecule has 0 saturated carbocycles. The fourth-order valence-corrected chi connectivity index (χ4v) is 2.74. The van der Waals surface area contributed by atoms with Gasteiger partial charge in [0.25, 0.3) is 0 Å². The van der Waals surface area contributed by atoms with Crippen molar-refractivity contribution in [2.45, 2.75) is 6.04 Å². The first-order chi connectivity index (χ1) is 7.63. The summed E-state index contributed by atoms with van der Waals surface area (Å²) in [6.45, 7) is 0. The summed E-state index contributed by atoms with van der Waals surface area (Å²) in [4.78, 5) is 0. The van der Waals surface area contributed by atoms with Gasteiger partial charge in [0.05, 0.1) is 17.3 Å². The Balaban J connectivity index is 2.50. The molecular weight excluding hydrogens is 220 g/mol. The third-order valence-electron chi connectivity index (χ3n) is 2.50. The fraction of sp³-hybridized carbons (Fsp3) is 0.364. The highest BCUT2D eigenvalue weighted by Crippen LogP contribution is 2.38. The molecule has 0 aromatic heterocycles. The van der Waals surface area contributed by atoms with Crippen LogP contribution in [0, 0.1) is 11.3 Å². The van der Waals surface area contributed by atoms with Crippen molar-refractivity contribution < 1.29 is 0 Å². The van der Waals surface area contributed by atoms with Gasteiger partial charge in [0.2, 0.25) is 0 Å². The molecule has 1 atom stereocenters. The summed E-state index contributed by atoms with van der Waals surface area (Å²) in [6, 6.07) is 7.87. The lowest BCUT2D eigenvalue weighted by molar-refractivity contribution is 0.442. The Hall–Kier alpha value is -1.22. The first-order valence-electron chi connectivity index (χ1n) is 5.03. The Labute approximate surface area is 99.7 Å². The predicted octanol–water partition coefficient (Wildman–Crippen LogP) is 1.50. The molecule has 16 heavy (non-hydrogen) atoms. The molecule has 84 valence electrons. The number of rotatable bonds is 1. The number of nitrogens with zero attached hydrogens (tertiary/aromatic N) is 3. The maximum atomic E-state index is 8.91. The standard InChI is InChI=1S/C11H14N4S/c1-14(2)15-11-5-8(6-12)3-4-9(11)10(13)7-16-15/h3-5,10H,7,13H2,1-2H3. The second-order valence-corrected chi connectivity index (χ2v) is 4.85. The minimum absolute atomic E-state index is 0.0453. The molecule has 4 nitrogen and oxygen atoms in total. The molecule has 1 aromatic rings. The molecule has 2 rings (SSSR count). The van der Waals surface area contributed by atoms with E-state index >= 15 is 0 Å². The van der Waals surface area contributed by atoms with Gasteiger partial charge in [-0.1, -0.05) is 6.07 Å². The quantitative estimate of drug-likeness (QED) is 0.746. The number of anilines is 1. The molecule has 0 spiro atoms. The number of nitriles is 1. The van der Waals surface area contributed by atoms with Crippen molar-refractivity contribution in [2.24, 2.45) is 5.73 Å². The normalized spacial score (nSPS) is 19.4. The average molecular weight is 234 g/mol. The smallest absolute Gasteiger partial charge is 0.0992 e. The highest BCUT2D eigenvalue weighted by Gasteiger charge is 2.25. The number of nitrogens with two attached hydrogens (primary N) is 1. The van der Waals surface area contributed by atoms with Crippen LogP contribution in [0.2, 0.25) is 0 Å². The van der Waals surface area contributed by atoms with E-state index in [-0.39, 0.29) is 6.04 Å². The monoisotopic (exact) mass is 234 g/mol. The van der Waals surface area contributed by atoms with Gasteiger partial charge >= 0.3 is 0 Å². The maximum Gasteiger partial charge on any atom is 0.0992 e. The van der Waals surface area contributed by atoms with Crippen molar-refractivity contribution in [3.63, 3.8) is 0 Å². The summed E-state index contributed by atoms with van der Waals surface area (Å²) >= 11 is 1.67. The zero-order valence-electron chi connectivity index (χ0n) is 9.34. The second kappa shape index (κ2) is 4.34. The van der Waals surface area contributed by atoms with Gasteiger partial charge in [-0.05, 0) is 29.6 Å². The van der Waals surface area contributed by atoms with E-state index in [1.807, 2.05) is 37.3 Å². The Kier molecular flexibility index (Phi) is 3.06. The number of fused-ring (bicyclic) bond motifs is 1. The van der Waals surface area contributed by atoms with Crippen LogP contribution in [0.15, 0.2) is 18.2 Å². The van der Waals surface area contributed by atoms with E-state index in [4.69, 9.17) is 11.0 Å². The third kappa shape index (κ3) is 1.87. The fourth-order valence-electron chi connectivity index (χ4n) is 1.73. The van der Waals surface area contributed by atoms with Crippen LogP contribution in [0.1, 0.15) is 17.2 Å². The van der Waals surface area contributed by atoms with Gasteiger partial charge in [-0.25, -0.2) is 9.42 Å². The van der Waals surface area contributed by atoms with Gasteiger partial charge in [0.1, 0.15) is 0 Å². The van der Waals surface area contributed by atoms with Crippen LogP contribution in [0.5, 0.6) is 0 Å². The number of hydrogen-bond donors (Lipinski definition) is 1. The Morgan fingerprint density at radius 3 is 2.94 bits per heavy atom. The summed E-state index contributed by atoms with van der Waals surface area (Å²) in [5.41, 5.74) is 8.84. The first kappa shape index (κ1) is 11.3. The van der Waals surface area contributed by atoms with Crippen LogP contribution >= 0.6 is 11.9 Å². The first-order valence-corrected chi connectivity index (χ1v) is 5.97. The Morgan fingerprint density at radius 2 is 2.31 bits per heavy atom. The average Bonchev–Trinajstić information content (AvgIpc) is 2.28. The second-order valence-electron chi connectivity index (χ2n) is 3.91. The van der Waals surface area contributed by atoms with E-state index < -0.39 is 0 Å². The Morgan fingerprint density at radius 1 is 1.56 bits per heavy atom. The van der Waals surface area contributed by atoms with Crippen LogP contribution in [-0.2, 0) is 0 Å². The van der Waals surface area contributed by atoms with Gasteiger partial charge in [-0.15, -0.1) is 0 Å². The van der Waals surface area contributed by atoms with Crippen LogP contribution in [-0.4, -0.2) is 24.9 Å². The van der Waals surface area contributed by atoms with Gasteiger partial charge in [-0.2, -0.15) is 5.26 Å². The molecule has 1 aromatic carbocycles. The number of hydrogen-bond acceptors (Lipinski definition) is 5. The Bertz CT molecular complexity index is 438. The molecule has 2 N–H and O–H groups in total. The van der Waals surface area contributed by atoms with Gasteiger partial charge in [0.15, 0.2) is 0 Å². The summed E-state index contributed by atoms with van der Waals surface area (Å²) in [5.74, 6) is 0.858. The van der Waals surface area contributed by atoms with E-state index in [0.29, 0.717) is 5.56 Å². The third-order valence-corrected chi connectivity index (χ3v) is 3.78. The van der Waals surface area contributed by atoms with Crippen molar-refractivity contribution in [1.82, 2.24) is 5.01 Å². The lowest BCUT2D eigenvalue weighted by Crippen LogP contribution is -2.36. The maximum absolute atomic E-state index is 8.91. The molecular formula is C11H14N4S. The molecule has 1 heterocycles. The highest BCUT2D eigenvalue weighted by atomic mass is 32.2. The minimum Gasteiger partial charge on any atom is -0.323 e. The molecule has 0 fully saturated rings. The summed E-state index contributed by atoms with van der Waals surface area (Å²) < 4.78 is 2.07. The van der Waals surface area contributed by atoms with Crippen molar-refractivity contribution in [2.75, 3.05) is 24.3 Å². The van der Waals surface area contributed by atoms with Crippen LogP contribution in [0.3, 0.4) is 0 Å². The topological polar surface area (TPSA) is 56.3 Å². The van der Waals surface area contributed by atoms with E-state index in [1.54, 1.807) is 11.9 Å². The van der Waals surface area contributed by atoms with E-state index in [0.717, 1.165) is 17.0 Å². The molecule has 0 radical (unpaired) electrons. The lowest BCUT2D eigenvalue weighted by Gasteiger charge is -2.36. The van der Waals surface area contributed by atoms with Crippen LogP contribution < -0.4 is 10.1 Å². The van der Waals surface area contributed by atoms with Gasteiger partial charge in [0, 0.05) is 25.9 Å². The van der Waals surface area contributed by atoms with Gasteiger partial charge in [-0.3, -0.25) is 0 Å². The molecule has 0 saturated heterocycles. The van der Waals surface area contributed by atoms with Crippen LogP contribution in [0.25, 0.3) is 0 Å². The molecule has 0 bridgehead atoms. The zero-order chi connectivity index (χ0) is 11.7. The van der Waals surface area contributed by atoms with E-state index in [1.165, 1.54) is 0 Å². The van der Waals surface area contributed by atoms with Crippen molar-refractivity contribution in [3.8, 4) is 6.07 Å². The SMILES string of the molecule is CN(C)N1SCC(N)c2ccc(C#N)cc21. The number of hydrazine groups is 1. The summed E-state index contributed by atoms with van der Waals surface area (Å²) in [7, 11) is 3.96. The van der Waals surface area contributed by atoms with E-state index in [9.17, 15) is 0 Å². The molecule has 0 aliphatic carbocycles. The minimum atomic E-state index is 0.0453. The predicted molar refractivity (Wildman–Crippen MR) is 66.7 cm³/mol. The highest BCUT2D eigenvalue weighted by molar-refractivity contribution is 8.00. The molecule has 1 aliphatic heterocycles.